The summed E-state index contributed by atoms with van der Waals surface area (Å²) < 4.78 is 0. The Labute approximate surface area is 95.3 Å². The first-order valence-corrected chi connectivity index (χ1v) is 5.78. The maximum absolute atomic E-state index is 10.0. The van der Waals surface area contributed by atoms with Crippen molar-refractivity contribution in [2.24, 2.45) is 5.92 Å². The van der Waals surface area contributed by atoms with Gasteiger partial charge in [0.2, 0.25) is 0 Å². The van der Waals surface area contributed by atoms with Gasteiger partial charge in [0.1, 0.15) is 0 Å². The van der Waals surface area contributed by atoms with Crippen molar-refractivity contribution in [3.05, 3.63) is 34.9 Å². The molecule has 0 spiro atoms. The van der Waals surface area contributed by atoms with Crippen LogP contribution in [0.5, 0.6) is 0 Å². The van der Waals surface area contributed by atoms with E-state index in [0.717, 1.165) is 31.5 Å². The molecular formula is C12H16ClNO. The zero-order valence-corrected chi connectivity index (χ0v) is 9.37. The molecule has 0 saturated carbocycles. The second-order valence-corrected chi connectivity index (χ2v) is 4.60. The Morgan fingerprint density at radius 2 is 2.40 bits per heavy atom. The highest BCUT2D eigenvalue weighted by atomic mass is 35.5. The first kappa shape index (κ1) is 10.9. The highest BCUT2D eigenvalue weighted by molar-refractivity contribution is 6.30. The predicted molar refractivity (Wildman–Crippen MR) is 62.0 cm³/mol. The van der Waals surface area contributed by atoms with Gasteiger partial charge in [-0.15, -0.1) is 0 Å². The fourth-order valence-corrected chi connectivity index (χ4v) is 2.28. The monoisotopic (exact) mass is 225 g/mol. The summed E-state index contributed by atoms with van der Waals surface area (Å²) in [5.41, 5.74) is 0.925. The average molecular weight is 226 g/mol. The van der Waals surface area contributed by atoms with Crippen LogP contribution in [0, 0.1) is 5.92 Å². The molecule has 0 amide bonds. The van der Waals surface area contributed by atoms with Crippen LogP contribution in [0.25, 0.3) is 0 Å². The van der Waals surface area contributed by atoms with Crippen molar-refractivity contribution in [2.45, 2.75) is 18.9 Å². The van der Waals surface area contributed by atoms with Gasteiger partial charge in [0.05, 0.1) is 6.10 Å². The van der Waals surface area contributed by atoms with Crippen LogP contribution in [-0.2, 0) is 0 Å². The molecular weight excluding hydrogens is 210 g/mol. The Morgan fingerprint density at radius 3 is 3.07 bits per heavy atom. The van der Waals surface area contributed by atoms with Gasteiger partial charge in [0.15, 0.2) is 0 Å². The highest BCUT2D eigenvalue weighted by Crippen LogP contribution is 2.26. The molecule has 0 aliphatic carbocycles. The predicted octanol–water partition coefficient (Wildman–Crippen LogP) is 2.37. The first-order chi connectivity index (χ1) is 7.25. The van der Waals surface area contributed by atoms with Crippen LogP contribution >= 0.6 is 11.6 Å². The maximum atomic E-state index is 10.0. The van der Waals surface area contributed by atoms with Gasteiger partial charge in [0, 0.05) is 5.02 Å². The van der Waals surface area contributed by atoms with E-state index < -0.39 is 0 Å². The summed E-state index contributed by atoms with van der Waals surface area (Å²) in [4.78, 5) is 0. The summed E-state index contributed by atoms with van der Waals surface area (Å²) in [5.74, 6) is 0.596. The van der Waals surface area contributed by atoms with Crippen molar-refractivity contribution in [1.82, 2.24) is 5.32 Å². The highest BCUT2D eigenvalue weighted by Gasteiger charge is 2.19. The van der Waals surface area contributed by atoms with Crippen LogP contribution in [0.2, 0.25) is 5.02 Å². The van der Waals surface area contributed by atoms with Crippen molar-refractivity contribution < 1.29 is 5.11 Å². The van der Waals surface area contributed by atoms with Crippen molar-refractivity contribution >= 4 is 11.6 Å². The minimum atomic E-state index is -0.381. The zero-order chi connectivity index (χ0) is 10.7. The van der Waals surface area contributed by atoms with Gasteiger partial charge in [-0.3, -0.25) is 0 Å². The largest absolute Gasteiger partial charge is 0.388 e. The molecule has 1 aliphatic heterocycles. The molecule has 1 aromatic rings. The third-order valence-electron chi connectivity index (χ3n) is 2.95. The Morgan fingerprint density at radius 1 is 1.53 bits per heavy atom. The quantitative estimate of drug-likeness (QED) is 0.828. The molecule has 2 rings (SSSR count). The molecule has 1 saturated heterocycles. The summed E-state index contributed by atoms with van der Waals surface area (Å²) in [7, 11) is 0. The molecule has 3 heteroatoms. The average Bonchev–Trinajstić information content (AvgIpc) is 2.70. The summed E-state index contributed by atoms with van der Waals surface area (Å²) in [6.07, 6.45) is 1.61. The fourth-order valence-electron chi connectivity index (χ4n) is 2.08. The number of benzene rings is 1. The number of hydrogen-bond donors (Lipinski definition) is 2. The van der Waals surface area contributed by atoms with Crippen LogP contribution in [0.3, 0.4) is 0 Å². The number of halogens is 1. The van der Waals surface area contributed by atoms with Crippen LogP contribution in [-0.4, -0.2) is 18.2 Å². The van der Waals surface area contributed by atoms with Crippen LogP contribution in [0.15, 0.2) is 24.3 Å². The molecule has 0 aromatic heterocycles. The number of aliphatic hydroxyl groups excluding tert-OH is 1. The fraction of sp³-hybridized carbons (Fsp3) is 0.500. The second-order valence-electron chi connectivity index (χ2n) is 4.17. The van der Waals surface area contributed by atoms with E-state index in [4.69, 9.17) is 11.6 Å². The number of hydrogen-bond acceptors (Lipinski definition) is 2. The maximum Gasteiger partial charge on any atom is 0.0793 e. The van der Waals surface area contributed by atoms with E-state index in [1.165, 1.54) is 0 Å². The van der Waals surface area contributed by atoms with Gasteiger partial charge in [-0.05, 0) is 49.5 Å². The standard InChI is InChI=1S/C12H16ClNO/c13-11-3-1-2-10(7-11)12(15)6-9-4-5-14-8-9/h1-3,7,9,12,14-15H,4-6,8H2. The first-order valence-electron chi connectivity index (χ1n) is 5.40. The lowest BCUT2D eigenvalue weighted by atomic mass is 9.96. The molecule has 2 unspecified atom stereocenters. The molecule has 2 N–H and O–H groups in total. The molecule has 0 radical (unpaired) electrons. The summed E-state index contributed by atoms with van der Waals surface area (Å²) in [6.45, 7) is 2.10. The van der Waals surface area contributed by atoms with E-state index >= 15 is 0 Å². The van der Waals surface area contributed by atoms with Crippen molar-refractivity contribution in [2.75, 3.05) is 13.1 Å². The Bertz CT molecular complexity index is 323. The van der Waals surface area contributed by atoms with E-state index in [1.54, 1.807) is 0 Å². The van der Waals surface area contributed by atoms with Gasteiger partial charge < -0.3 is 10.4 Å². The number of aliphatic hydroxyl groups is 1. The smallest absolute Gasteiger partial charge is 0.0793 e. The Kier molecular flexibility index (Phi) is 3.62. The van der Waals surface area contributed by atoms with Crippen molar-refractivity contribution in [3.63, 3.8) is 0 Å². The van der Waals surface area contributed by atoms with E-state index in [2.05, 4.69) is 5.32 Å². The third kappa shape index (κ3) is 2.94. The van der Waals surface area contributed by atoms with Crippen LogP contribution < -0.4 is 5.32 Å². The molecule has 2 nitrogen and oxygen atoms in total. The van der Waals surface area contributed by atoms with Gasteiger partial charge in [0.25, 0.3) is 0 Å². The minimum absolute atomic E-state index is 0.381. The molecule has 82 valence electrons. The molecule has 1 heterocycles. The third-order valence-corrected chi connectivity index (χ3v) is 3.19. The second kappa shape index (κ2) is 4.97. The number of rotatable bonds is 3. The molecule has 2 atom stereocenters. The molecule has 15 heavy (non-hydrogen) atoms. The summed E-state index contributed by atoms with van der Waals surface area (Å²) >= 11 is 5.88. The lowest BCUT2D eigenvalue weighted by molar-refractivity contribution is 0.147. The SMILES string of the molecule is OC(CC1CCNC1)c1cccc(Cl)c1. The normalized spacial score (nSPS) is 22.9. The zero-order valence-electron chi connectivity index (χ0n) is 8.62. The lowest BCUT2D eigenvalue weighted by Gasteiger charge is -2.15. The summed E-state index contributed by atoms with van der Waals surface area (Å²) in [6, 6.07) is 7.48. The van der Waals surface area contributed by atoms with Gasteiger partial charge in [-0.2, -0.15) is 0 Å². The Balaban J connectivity index is 1.97. The lowest BCUT2D eigenvalue weighted by Crippen LogP contribution is -2.11. The summed E-state index contributed by atoms with van der Waals surface area (Å²) in [5, 5.41) is 14.0. The molecule has 1 aromatic carbocycles. The van der Waals surface area contributed by atoms with Gasteiger partial charge in [-0.25, -0.2) is 0 Å². The van der Waals surface area contributed by atoms with E-state index in [9.17, 15) is 5.11 Å². The van der Waals surface area contributed by atoms with Crippen LogP contribution in [0.1, 0.15) is 24.5 Å². The molecule has 1 aliphatic rings. The topological polar surface area (TPSA) is 32.3 Å². The van der Waals surface area contributed by atoms with E-state index in [-0.39, 0.29) is 6.10 Å². The minimum Gasteiger partial charge on any atom is -0.388 e. The van der Waals surface area contributed by atoms with E-state index in [0.29, 0.717) is 10.9 Å². The Hall–Kier alpha value is -0.570. The van der Waals surface area contributed by atoms with E-state index in [1.807, 2.05) is 24.3 Å². The van der Waals surface area contributed by atoms with Gasteiger partial charge in [-0.1, -0.05) is 23.7 Å². The van der Waals surface area contributed by atoms with Crippen LogP contribution in [0.4, 0.5) is 0 Å². The molecule has 1 fully saturated rings. The number of nitrogens with one attached hydrogen (secondary N) is 1. The van der Waals surface area contributed by atoms with Gasteiger partial charge >= 0.3 is 0 Å². The van der Waals surface area contributed by atoms with Crippen molar-refractivity contribution in [1.29, 1.82) is 0 Å². The molecule has 0 bridgehead atoms. The van der Waals surface area contributed by atoms with Crippen molar-refractivity contribution in [3.8, 4) is 0 Å².